The Balaban J connectivity index is 1.55. The van der Waals surface area contributed by atoms with E-state index in [0.29, 0.717) is 28.2 Å². The number of methoxy groups -OCH3 is 2. The maximum Gasteiger partial charge on any atom is 0.417 e. The standard InChI is InChI=1S/C27H19ClF3N3O4/c1-32-21-12-16(34-26(35)11-15-4-6-19(28)18(10-15)27(29,30)31)5-7-23(21)38-22-8-9-33-20-14-25(37-3)24(36-2)13-17(20)22/h4-10,12-14H,11H2,2-3H3,(H,34,35). The minimum Gasteiger partial charge on any atom is -0.493 e. The highest BCUT2D eigenvalue weighted by Crippen LogP contribution is 2.40. The Morgan fingerprint density at radius 2 is 1.74 bits per heavy atom. The highest BCUT2D eigenvalue weighted by atomic mass is 35.5. The zero-order chi connectivity index (χ0) is 27.4. The van der Waals surface area contributed by atoms with E-state index in [1.807, 2.05) is 0 Å². The molecule has 1 N–H and O–H groups in total. The number of halogens is 4. The van der Waals surface area contributed by atoms with Gasteiger partial charge < -0.3 is 19.5 Å². The van der Waals surface area contributed by atoms with Crippen LogP contribution >= 0.6 is 11.6 Å². The summed E-state index contributed by atoms with van der Waals surface area (Å²) in [7, 11) is 3.02. The van der Waals surface area contributed by atoms with Crippen molar-refractivity contribution >= 4 is 39.8 Å². The zero-order valence-corrected chi connectivity index (χ0v) is 20.8. The first-order valence-corrected chi connectivity index (χ1v) is 11.4. The zero-order valence-electron chi connectivity index (χ0n) is 20.0. The normalized spacial score (nSPS) is 11.1. The summed E-state index contributed by atoms with van der Waals surface area (Å²) >= 11 is 5.64. The van der Waals surface area contributed by atoms with Gasteiger partial charge in [0.15, 0.2) is 11.5 Å². The maximum absolute atomic E-state index is 13.1. The fraction of sp³-hybridized carbons (Fsp3) is 0.148. The van der Waals surface area contributed by atoms with E-state index in [1.54, 1.807) is 24.4 Å². The average Bonchev–Trinajstić information content (AvgIpc) is 2.89. The molecule has 0 radical (unpaired) electrons. The maximum atomic E-state index is 13.1. The Bertz CT molecular complexity index is 1570. The minimum absolute atomic E-state index is 0.110. The second-order valence-corrected chi connectivity index (χ2v) is 8.37. The van der Waals surface area contributed by atoms with Crippen molar-refractivity contribution in [3.05, 3.63) is 88.4 Å². The quantitative estimate of drug-likeness (QED) is 0.246. The molecule has 0 unspecified atom stereocenters. The van der Waals surface area contributed by atoms with Crippen molar-refractivity contribution in [1.82, 2.24) is 4.98 Å². The van der Waals surface area contributed by atoms with Crippen LogP contribution in [0.5, 0.6) is 23.0 Å². The van der Waals surface area contributed by atoms with Crippen molar-refractivity contribution in [3.8, 4) is 23.0 Å². The van der Waals surface area contributed by atoms with Crippen molar-refractivity contribution in [2.75, 3.05) is 19.5 Å². The van der Waals surface area contributed by atoms with Crippen molar-refractivity contribution in [3.63, 3.8) is 0 Å². The van der Waals surface area contributed by atoms with E-state index in [4.69, 9.17) is 32.4 Å². The second-order valence-electron chi connectivity index (χ2n) is 7.97. The number of nitrogens with zero attached hydrogens (tertiary/aromatic N) is 2. The van der Waals surface area contributed by atoms with Crippen molar-refractivity contribution < 1.29 is 32.2 Å². The second kappa shape index (κ2) is 10.9. The van der Waals surface area contributed by atoms with Crippen LogP contribution in [-0.2, 0) is 17.4 Å². The molecule has 194 valence electrons. The van der Waals surface area contributed by atoms with E-state index < -0.39 is 22.7 Å². The van der Waals surface area contributed by atoms with Crippen LogP contribution < -0.4 is 19.5 Å². The van der Waals surface area contributed by atoms with Gasteiger partial charge in [-0.2, -0.15) is 13.2 Å². The lowest BCUT2D eigenvalue weighted by atomic mass is 10.1. The third-order valence-electron chi connectivity index (χ3n) is 5.49. The third-order valence-corrected chi connectivity index (χ3v) is 5.82. The summed E-state index contributed by atoms with van der Waals surface area (Å²) in [4.78, 5) is 20.3. The van der Waals surface area contributed by atoms with E-state index in [2.05, 4.69) is 15.1 Å². The van der Waals surface area contributed by atoms with Crippen LogP contribution in [-0.4, -0.2) is 25.1 Å². The smallest absolute Gasteiger partial charge is 0.417 e. The molecule has 0 spiro atoms. The summed E-state index contributed by atoms with van der Waals surface area (Å²) in [5, 5.41) is 2.77. The average molecular weight is 542 g/mol. The highest BCUT2D eigenvalue weighted by molar-refractivity contribution is 6.31. The number of carbonyl (C=O) groups excluding carboxylic acids is 1. The number of nitrogens with one attached hydrogen (secondary N) is 1. The third kappa shape index (κ3) is 5.74. The lowest BCUT2D eigenvalue weighted by Gasteiger charge is -2.14. The summed E-state index contributed by atoms with van der Waals surface area (Å²) in [6.45, 7) is 7.56. The summed E-state index contributed by atoms with van der Waals surface area (Å²) in [5.74, 6) is 1.06. The first kappa shape index (κ1) is 26.6. The number of benzene rings is 3. The van der Waals surface area contributed by atoms with Gasteiger partial charge in [-0.05, 0) is 48.0 Å². The molecule has 0 saturated heterocycles. The van der Waals surface area contributed by atoms with Gasteiger partial charge in [-0.1, -0.05) is 17.7 Å². The number of rotatable bonds is 7. The molecule has 4 aromatic rings. The fourth-order valence-corrected chi connectivity index (χ4v) is 3.94. The molecule has 7 nitrogen and oxygen atoms in total. The van der Waals surface area contributed by atoms with Crippen LogP contribution in [0, 0.1) is 6.57 Å². The van der Waals surface area contributed by atoms with Crippen molar-refractivity contribution in [2.45, 2.75) is 12.6 Å². The SMILES string of the molecule is [C-]#[N+]c1cc(NC(=O)Cc2ccc(Cl)c(C(F)(F)F)c2)ccc1Oc1ccnc2cc(OC)c(OC)cc12. The first-order valence-electron chi connectivity index (χ1n) is 11.0. The lowest BCUT2D eigenvalue weighted by Crippen LogP contribution is -2.15. The van der Waals surface area contributed by atoms with Gasteiger partial charge in [-0.25, -0.2) is 4.85 Å². The largest absolute Gasteiger partial charge is 0.493 e. The molecule has 0 fully saturated rings. The van der Waals surface area contributed by atoms with Gasteiger partial charge in [0, 0.05) is 23.3 Å². The molecular weight excluding hydrogens is 523 g/mol. The number of pyridine rings is 1. The number of aromatic nitrogens is 1. The number of hydrogen-bond donors (Lipinski definition) is 1. The van der Waals surface area contributed by atoms with Crippen LogP contribution in [0.1, 0.15) is 11.1 Å². The lowest BCUT2D eigenvalue weighted by molar-refractivity contribution is -0.137. The van der Waals surface area contributed by atoms with Crippen molar-refractivity contribution in [2.24, 2.45) is 0 Å². The summed E-state index contributed by atoms with van der Waals surface area (Å²) in [6.07, 6.45) is -3.40. The van der Waals surface area contributed by atoms with E-state index in [0.717, 1.165) is 12.1 Å². The van der Waals surface area contributed by atoms with Gasteiger partial charge in [0.25, 0.3) is 0 Å². The molecule has 0 aliphatic heterocycles. The summed E-state index contributed by atoms with van der Waals surface area (Å²) < 4.78 is 56.0. The molecule has 0 aliphatic carbocycles. The number of anilines is 1. The van der Waals surface area contributed by atoms with Crippen LogP contribution in [0.15, 0.2) is 60.8 Å². The van der Waals surface area contributed by atoms with Crippen LogP contribution in [0.3, 0.4) is 0 Å². The fourth-order valence-electron chi connectivity index (χ4n) is 3.71. The number of carbonyl (C=O) groups is 1. The predicted molar refractivity (Wildman–Crippen MR) is 136 cm³/mol. The first-order chi connectivity index (χ1) is 18.1. The summed E-state index contributed by atoms with van der Waals surface area (Å²) in [5.41, 5.74) is 0.106. The Morgan fingerprint density at radius 1 is 1.00 bits per heavy atom. The Labute approximate surface area is 220 Å². The van der Waals surface area contributed by atoms with E-state index in [-0.39, 0.29) is 29.1 Å². The van der Waals surface area contributed by atoms with Crippen LogP contribution in [0.2, 0.25) is 5.02 Å². The molecular formula is C27H19ClF3N3O4. The van der Waals surface area contributed by atoms with Gasteiger partial charge in [0.2, 0.25) is 11.6 Å². The number of hydrogen-bond acceptors (Lipinski definition) is 5. The molecule has 0 aliphatic rings. The molecule has 0 saturated carbocycles. The Morgan fingerprint density at radius 3 is 2.42 bits per heavy atom. The van der Waals surface area contributed by atoms with E-state index >= 15 is 0 Å². The van der Waals surface area contributed by atoms with E-state index in [9.17, 15) is 18.0 Å². The van der Waals surface area contributed by atoms with Crippen LogP contribution in [0.25, 0.3) is 15.7 Å². The molecule has 0 atom stereocenters. The number of amides is 1. The van der Waals surface area contributed by atoms with E-state index in [1.165, 1.54) is 38.5 Å². The van der Waals surface area contributed by atoms with Gasteiger partial charge in [-0.3, -0.25) is 9.78 Å². The molecule has 1 heterocycles. The Kier molecular flexibility index (Phi) is 7.60. The predicted octanol–water partition coefficient (Wildman–Crippen LogP) is 7.45. The van der Waals surface area contributed by atoms with Crippen LogP contribution in [0.4, 0.5) is 24.5 Å². The highest BCUT2D eigenvalue weighted by Gasteiger charge is 2.33. The van der Waals surface area contributed by atoms with Gasteiger partial charge in [-0.15, -0.1) is 0 Å². The number of ether oxygens (including phenoxy) is 3. The van der Waals surface area contributed by atoms with Crippen molar-refractivity contribution in [1.29, 1.82) is 0 Å². The molecule has 0 bridgehead atoms. The van der Waals surface area contributed by atoms with Gasteiger partial charge >= 0.3 is 6.18 Å². The number of fused-ring (bicyclic) bond motifs is 1. The molecule has 1 aromatic heterocycles. The molecule has 3 aromatic carbocycles. The molecule has 11 heteroatoms. The number of alkyl halides is 3. The minimum atomic E-state index is -4.64. The monoisotopic (exact) mass is 541 g/mol. The molecule has 1 amide bonds. The summed E-state index contributed by atoms with van der Waals surface area (Å²) in [6, 6.07) is 12.8. The molecule has 4 rings (SSSR count). The van der Waals surface area contributed by atoms with Gasteiger partial charge in [0.1, 0.15) is 11.5 Å². The Hall–Kier alpha value is -4.49. The molecule has 38 heavy (non-hydrogen) atoms. The topological polar surface area (TPSA) is 74.0 Å². The van der Waals surface area contributed by atoms with Gasteiger partial charge in [0.05, 0.1) is 43.3 Å².